The van der Waals surface area contributed by atoms with Gasteiger partial charge >= 0.3 is 17.2 Å². The highest BCUT2D eigenvalue weighted by atomic mass is 32.2. The zero-order valence-electron chi connectivity index (χ0n) is 14.6. The van der Waals surface area contributed by atoms with Crippen LogP contribution in [0.1, 0.15) is 20.7 Å². The van der Waals surface area contributed by atoms with Gasteiger partial charge in [-0.3, -0.25) is 4.79 Å². The number of carboxylic acids is 1. The lowest BCUT2D eigenvalue weighted by Crippen LogP contribution is -2.42. The third-order valence-corrected chi connectivity index (χ3v) is 4.24. The zero-order valence-corrected chi connectivity index (χ0v) is 15.4. The molecule has 0 saturated heterocycles. The van der Waals surface area contributed by atoms with Crippen LogP contribution in [0.4, 0.5) is 4.79 Å². The predicted octanol–water partition coefficient (Wildman–Crippen LogP) is 2.55. The number of thioether (sulfide) groups is 1. The summed E-state index contributed by atoms with van der Waals surface area (Å²) in [7, 11) is 0. The first kappa shape index (κ1) is 21.0. The molecular formula is C19H17NO7S. The zero-order chi connectivity index (χ0) is 20.4. The Morgan fingerprint density at radius 3 is 2.04 bits per heavy atom. The lowest BCUT2D eigenvalue weighted by Gasteiger charge is -2.13. The molecule has 0 aliphatic rings. The summed E-state index contributed by atoms with van der Waals surface area (Å²) in [6.07, 6.45) is 0. The summed E-state index contributed by atoms with van der Waals surface area (Å²) < 4.78 is 9.52. The van der Waals surface area contributed by atoms with Crippen LogP contribution in [0.5, 0.6) is 0 Å². The Morgan fingerprint density at radius 1 is 0.893 bits per heavy atom. The minimum atomic E-state index is -1.29. The van der Waals surface area contributed by atoms with E-state index in [-0.39, 0.29) is 5.75 Å². The van der Waals surface area contributed by atoms with E-state index in [1.165, 1.54) is 12.1 Å². The second kappa shape index (κ2) is 10.7. The van der Waals surface area contributed by atoms with Crippen molar-refractivity contribution in [3.05, 3.63) is 71.8 Å². The van der Waals surface area contributed by atoms with Crippen molar-refractivity contribution in [3.63, 3.8) is 0 Å². The molecule has 1 atom stereocenters. The number of nitrogens with one attached hydrogen (secondary N) is 1. The average Bonchev–Trinajstić information content (AvgIpc) is 2.71. The number of ether oxygens (including phenoxy) is 2. The van der Waals surface area contributed by atoms with Crippen LogP contribution in [0.3, 0.4) is 0 Å². The van der Waals surface area contributed by atoms with Crippen molar-refractivity contribution in [2.45, 2.75) is 6.04 Å². The molecule has 146 valence electrons. The Labute approximate surface area is 164 Å². The van der Waals surface area contributed by atoms with E-state index in [1.54, 1.807) is 48.5 Å². The minimum Gasteiger partial charge on any atom is -0.480 e. The number of carbonyl (C=O) groups excluding carboxylic acids is 3. The highest BCUT2D eigenvalue weighted by molar-refractivity contribution is 8.13. The molecule has 2 aromatic rings. The highest BCUT2D eigenvalue weighted by Gasteiger charge is 2.22. The van der Waals surface area contributed by atoms with Crippen LogP contribution >= 0.6 is 11.8 Å². The molecule has 8 nitrogen and oxygen atoms in total. The Kier molecular flexibility index (Phi) is 8.04. The third-order valence-electron chi connectivity index (χ3n) is 3.38. The molecule has 0 unspecified atom stereocenters. The number of rotatable bonds is 8. The number of carbonyl (C=O) groups is 4. The Hall–Kier alpha value is -3.33. The van der Waals surface area contributed by atoms with Crippen LogP contribution in [0, 0.1) is 0 Å². The SMILES string of the molecule is O=C(OCOC(=O)c1ccccc1)SC[C@H](NC(=O)c1ccccc1)C(=O)O. The van der Waals surface area contributed by atoms with Gasteiger partial charge < -0.3 is 19.9 Å². The fourth-order valence-corrected chi connectivity index (χ4v) is 2.65. The highest BCUT2D eigenvalue weighted by Crippen LogP contribution is 2.10. The molecule has 28 heavy (non-hydrogen) atoms. The Bertz CT molecular complexity index is 827. The van der Waals surface area contributed by atoms with Gasteiger partial charge in [0.2, 0.25) is 6.79 Å². The van der Waals surface area contributed by atoms with Crippen molar-refractivity contribution in [3.8, 4) is 0 Å². The third kappa shape index (κ3) is 6.76. The van der Waals surface area contributed by atoms with Gasteiger partial charge in [-0.25, -0.2) is 14.4 Å². The topological polar surface area (TPSA) is 119 Å². The quantitative estimate of drug-likeness (QED) is 0.510. The summed E-state index contributed by atoms with van der Waals surface area (Å²) in [5.74, 6) is -2.77. The molecule has 0 aliphatic carbocycles. The molecule has 2 aromatic carbocycles. The molecule has 9 heteroatoms. The van der Waals surface area contributed by atoms with Gasteiger partial charge in [-0.2, -0.15) is 0 Å². The van der Waals surface area contributed by atoms with Crippen LogP contribution in [-0.2, 0) is 14.3 Å². The Balaban J connectivity index is 1.75. The number of hydrogen-bond donors (Lipinski definition) is 2. The number of aliphatic carboxylic acids is 1. The van der Waals surface area contributed by atoms with Crippen molar-refractivity contribution in [1.82, 2.24) is 5.32 Å². The molecule has 1 amide bonds. The molecule has 2 rings (SSSR count). The molecule has 0 fully saturated rings. The molecule has 0 bridgehead atoms. The smallest absolute Gasteiger partial charge is 0.370 e. The van der Waals surface area contributed by atoms with Crippen molar-refractivity contribution in [1.29, 1.82) is 0 Å². The van der Waals surface area contributed by atoms with E-state index in [9.17, 15) is 24.3 Å². The van der Waals surface area contributed by atoms with Crippen molar-refractivity contribution >= 4 is 34.9 Å². The van der Waals surface area contributed by atoms with E-state index < -0.39 is 36.0 Å². The van der Waals surface area contributed by atoms with Gasteiger partial charge in [0.1, 0.15) is 6.04 Å². The molecular weight excluding hydrogens is 386 g/mol. The molecule has 2 N–H and O–H groups in total. The van der Waals surface area contributed by atoms with Gasteiger partial charge in [0.05, 0.1) is 5.56 Å². The molecule has 0 aliphatic heterocycles. The monoisotopic (exact) mass is 403 g/mol. The van der Waals surface area contributed by atoms with Gasteiger partial charge in [0, 0.05) is 11.3 Å². The number of esters is 1. The largest absolute Gasteiger partial charge is 0.480 e. The first-order valence-corrected chi connectivity index (χ1v) is 9.06. The van der Waals surface area contributed by atoms with E-state index in [0.29, 0.717) is 22.9 Å². The number of hydrogen-bond acceptors (Lipinski definition) is 7. The van der Waals surface area contributed by atoms with E-state index in [4.69, 9.17) is 9.47 Å². The van der Waals surface area contributed by atoms with Gasteiger partial charge in [0.15, 0.2) is 0 Å². The van der Waals surface area contributed by atoms with E-state index in [0.717, 1.165) is 0 Å². The molecule has 0 spiro atoms. The maximum atomic E-state index is 12.0. The molecule has 0 saturated carbocycles. The second-order valence-electron chi connectivity index (χ2n) is 5.35. The maximum Gasteiger partial charge on any atom is 0.370 e. The fourth-order valence-electron chi connectivity index (χ4n) is 1.99. The van der Waals surface area contributed by atoms with Crippen molar-refractivity contribution in [2.75, 3.05) is 12.5 Å². The van der Waals surface area contributed by atoms with Crippen LogP contribution in [0.25, 0.3) is 0 Å². The summed E-state index contributed by atoms with van der Waals surface area (Å²) in [6, 6.07) is 15.0. The standard InChI is InChI=1S/C19H17NO7S/c21-16(13-7-3-1-4-8-13)20-15(17(22)23)11-28-19(25)27-12-26-18(24)14-9-5-2-6-10-14/h1-10,15H,11-12H2,(H,20,21)(H,22,23)/t15-/m0/s1. The number of amides is 1. The second-order valence-corrected chi connectivity index (χ2v) is 6.31. The van der Waals surface area contributed by atoms with Gasteiger partial charge in [-0.05, 0) is 36.0 Å². The lowest BCUT2D eigenvalue weighted by molar-refractivity contribution is -0.138. The molecule has 0 aromatic heterocycles. The minimum absolute atomic E-state index is 0.251. The van der Waals surface area contributed by atoms with Crippen molar-refractivity contribution in [2.24, 2.45) is 0 Å². The first-order chi connectivity index (χ1) is 13.5. The number of carboxylic acid groups (broad SMARTS) is 1. The summed E-state index contributed by atoms with van der Waals surface area (Å²) >= 11 is 0.550. The predicted molar refractivity (Wildman–Crippen MR) is 101 cm³/mol. The van der Waals surface area contributed by atoms with E-state index >= 15 is 0 Å². The average molecular weight is 403 g/mol. The fraction of sp³-hybridized carbons (Fsp3) is 0.158. The van der Waals surface area contributed by atoms with Gasteiger partial charge in [-0.1, -0.05) is 36.4 Å². The first-order valence-electron chi connectivity index (χ1n) is 8.08. The van der Waals surface area contributed by atoms with Crippen LogP contribution in [-0.4, -0.2) is 46.8 Å². The summed E-state index contributed by atoms with van der Waals surface area (Å²) in [6.45, 7) is -0.603. The van der Waals surface area contributed by atoms with Gasteiger partial charge in [0.25, 0.3) is 5.91 Å². The normalized spacial score (nSPS) is 11.1. The molecule has 0 heterocycles. The van der Waals surface area contributed by atoms with Crippen LogP contribution in [0.2, 0.25) is 0 Å². The summed E-state index contributed by atoms with van der Waals surface area (Å²) in [5, 5.41) is 10.7. The summed E-state index contributed by atoms with van der Waals surface area (Å²) in [5.41, 5.74) is 0.606. The van der Waals surface area contributed by atoms with Gasteiger partial charge in [-0.15, -0.1) is 0 Å². The van der Waals surface area contributed by atoms with Crippen molar-refractivity contribution < 1.29 is 33.8 Å². The molecule has 0 radical (unpaired) electrons. The van der Waals surface area contributed by atoms with E-state index in [1.807, 2.05) is 0 Å². The Morgan fingerprint density at radius 2 is 1.46 bits per heavy atom. The van der Waals surface area contributed by atoms with Crippen LogP contribution in [0.15, 0.2) is 60.7 Å². The van der Waals surface area contributed by atoms with Crippen LogP contribution < -0.4 is 5.32 Å². The maximum absolute atomic E-state index is 12.0. The lowest BCUT2D eigenvalue weighted by atomic mass is 10.2. The van der Waals surface area contributed by atoms with E-state index in [2.05, 4.69) is 5.32 Å². The summed E-state index contributed by atoms with van der Waals surface area (Å²) in [4.78, 5) is 46.7. The number of benzene rings is 2.